The van der Waals surface area contributed by atoms with Crippen molar-refractivity contribution < 1.29 is 0 Å². The minimum absolute atomic E-state index is 0.289. The topological polar surface area (TPSA) is 32.7 Å². The fourth-order valence-electron chi connectivity index (χ4n) is 4.12. The summed E-state index contributed by atoms with van der Waals surface area (Å²) in [6, 6.07) is 0. The Morgan fingerprint density at radius 2 is 2.00 bits per heavy atom. The molecule has 2 aliphatic carbocycles. The van der Waals surface area contributed by atoms with Crippen LogP contribution < -0.4 is 0 Å². The molecule has 0 aromatic carbocycles. The minimum Gasteiger partial charge on any atom is -0.259 e. The summed E-state index contributed by atoms with van der Waals surface area (Å²) in [5.74, 6) is 0. The van der Waals surface area contributed by atoms with Gasteiger partial charge in [-0.1, -0.05) is 25.0 Å². The van der Waals surface area contributed by atoms with Gasteiger partial charge < -0.3 is 0 Å². The van der Waals surface area contributed by atoms with Crippen molar-refractivity contribution >= 4 is 0 Å². The van der Waals surface area contributed by atoms with Crippen LogP contribution in [0.25, 0.3) is 0 Å². The highest BCUT2D eigenvalue weighted by molar-refractivity contribution is 5.20. The Hall–Kier alpha value is -0.860. The fourth-order valence-corrected chi connectivity index (χ4v) is 4.12. The van der Waals surface area contributed by atoms with Crippen molar-refractivity contribution in [2.45, 2.75) is 38.5 Å². The van der Waals surface area contributed by atoms with Gasteiger partial charge >= 0.3 is 0 Å². The van der Waals surface area contributed by atoms with E-state index in [1.807, 2.05) is 0 Å². The fraction of sp³-hybridized carbons (Fsp3) is 0.833. The summed E-state index contributed by atoms with van der Waals surface area (Å²) in [6.07, 6.45) is 12.4. The van der Waals surface area contributed by atoms with Crippen LogP contribution in [-0.4, -0.2) is 18.1 Å². The Morgan fingerprint density at radius 3 is 2.80 bits per heavy atom. The molecule has 1 saturated heterocycles. The SMILES string of the molecule is O=NN1C[C@@]23C=CCC[C@]2(CCCC3)C1. The van der Waals surface area contributed by atoms with Crippen LogP contribution in [0.5, 0.6) is 0 Å². The summed E-state index contributed by atoms with van der Waals surface area (Å²) in [5, 5.41) is 4.94. The van der Waals surface area contributed by atoms with E-state index in [0.717, 1.165) is 13.1 Å². The van der Waals surface area contributed by atoms with E-state index in [0.29, 0.717) is 5.41 Å². The van der Waals surface area contributed by atoms with Gasteiger partial charge in [-0.25, -0.2) is 0 Å². The first-order chi connectivity index (χ1) is 7.30. The number of allylic oxidation sites excluding steroid dienone is 1. The molecule has 3 heteroatoms. The first-order valence-corrected chi connectivity index (χ1v) is 6.06. The summed E-state index contributed by atoms with van der Waals surface area (Å²) in [7, 11) is 0. The van der Waals surface area contributed by atoms with Gasteiger partial charge in [0.1, 0.15) is 0 Å². The zero-order valence-electron chi connectivity index (χ0n) is 9.11. The number of hydrogen-bond donors (Lipinski definition) is 0. The van der Waals surface area contributed by atoms with Gasteiger partial charge in [0.15, 0.2) is 0 Å². The molecular formula is C12H18N2O. The van der Waals surface area contributed by atoms with E-state index in [1.54, 1.807) is 5.01 Å². The molecule has 0 radical (unpaired) electrons. The molecule has 0 spiro atoms. The summed E-state index contributed by atoms with van der Waals surface area (Å²) in [5.41, 5.74) is 0.672. The van der Waals surface area contributed by atoms with Crippen LogP contribution in [0, 0.1) is 15.7 Å². The van der Waals surface area contributed by atoms with Crippen molar-refractivity contribution in [2.24, 2.45) is 16.1 Å². The van der Waals surface area contributed by atoms with Gasteiger partial charge in [-0.15, -0.1) is 4.91 Å². The molecule has 1 saturated carbocycles. The first kappa shape index (κ1) is 9.37. The molecule has 0 amide bonds. The maximum Gasteiger partial charge on any atom is 0.0524 e. The van der Waals surface area contributed by atoms with E-state index in [4.69, 9.17) is 0 Å². The summed E-state index contributed by atoms with van der Waals surface area (Å²) in [6.45, 7) is 1.77. The van der Waals surface area contributed by atoms with E-state index >= 15 is 0 Å². The van der Waals surface area contributed by atoms with E-state index in [2.05, 4.69) is 17.4 Å². The Bertz CT molecular complexity index is 315. The number of nitrogens with zero attached hydrogens (tertiary/aromatic N) is 2. The Kier molecular flexibility index (Phi) is 1.91. The molecule has 2 atom stereocenters. The Balaban J connectivity index is 2.01. The lowest BCUT2D eigenvalue weighted by Gasteiger charge is -2.48. The maximum absolute atomic E-state index is 10.7. The smallest absolute Gasteiger partial charge is 0.0524 e. The van der Waals surface area contributed by atoms with Crippen molar-refractivity contribution in [1.82, 2.24) is 5.01 Å². The van der Waals surface area contributed by atoms with Gasteiger partial charge in [-0.3, -0.25) is 5.01 Å². The van der Waals surface area contributed by atoms with Crippen LogP contribution in [0.15, 0.2) is 17.4 Å². The summed E-state index contributed by atoms with van der Waals surface area (Å²) < 4.78 is 0. The largest absolute Gasteiger partial charge is 0.259 e. The van der Waals surface area contributed by atoms with Crippen LogP contribution in [0.4, 0.5) is 0 Å². The second-order valence-corrected chi connectivity index (χ2v) is 5.49. The molecule has 1 heterocycles. The molecule has 0 unspecified atom stereocenters. The van der Waals surface area contributed by atoms with Gasteiger partial charge in [-0.05, 0) is 25.7 Å². The second-order valence-electron chi connectivity index (χ2n) is 5.49. The van der Waals surface area contributed by atoms with E-state index in [1.165, 1.54) is 38.5 Å². The van der Waals surface area contributed by atoms with Gasteiger partial charge in [0, 0.05) is 23.9 Å². The lowest BCUT2D eigenvalue weighted by atomic mass is 9.54. The van der Waals surface area contributed by atoms with Gasteiger partial charge in [0.25, 0.3) is 0 Å². The van der Waals surface area contributed by atoms with Crippen LogP contribution >= 0.6 is 0 Å². The average molecular weight is 206 g/mol. The van der Waals surface area contributed by atoms with Gasteiger partial charge in [-0.2, -0.15) is 0 Å². The molecule has 3 rings (SSSR count). The normalized spacial score (nSPS) is 43.6. The van der Waals surface area contributed by atoms with Crippen LogP contribution in [0.3, 0.4) is 0 Å². The molecule has 82 valence electrons. The molecule has 0 bridgehead atoms. The molecule has 3 aliphatic rings. The van der Waals surface area contributed by atoms with Crippen LogP contribution in [0.2, 0.25) is 0 Å². The third-order valence-electron chi connectivity index (χ3n) is 4.88. The van der Waals surface area contributed by atoms with Crippen molar-refractivity contribution in [3.05, 3.63) is 17.1 Å². The van der Waals surface area contributed by atoms with Crippen molar-refractivity contribution in [2.75, 3.05) is 13.1 Å². The third kappa shape index (κ3) is 1.12. The van der Waals surface area contributed by atoms with Crippen LogP contribution in [-0.2, 0) is 0 Å². The highest BCUT2D eigenvalue weighted by Gasteiger charge is 2.57. The molecule has 2 fully saturated rings. The molecule has 0 aromatic rings. The standard InChI is InChI=1S/C12H18N2O/c15-13-14-9-11-5-1-2-6-12(11,10-14)8-4-3-7-11/h1,5H,2-4,6-10H2/t11-,12-/m0/s1. The summed E-state index contributed by atoms with van der Waals surface area (Å²) in [4.78, 5) is 10.7. The molecule has 0 N–H and O–H groups in total. The Morgan fingerprint density at radius 1 is 1.13 bits per heavy atom. The molecule has 3 nitrogen and oxygen atoms in total. The molecule has 1 aliphatic heterocycles. The van der Waals surface area contributed by atoms with Gasteiger partial charge in [0.2, 0.25) is 0 Å². The van der Waals surface area contributed by atoms with Crippen molar-refractivity contribution in [3.63, 3.8) is 0 Å². The maximum atomic E-state index is 10.7. The second kappa shape index (κ2) is 3.06. The molecule has 15 heavy (non-hydrogen) atoms. The minimum atomic E-state index is 0.289. The van der Waals surface area contributed by atoms with E-state index in [9.17, 15) is 4.91 Å². The van der Waals surface area contributed by atoms with Gasteiger partial charge in [0.05, 0.1) is 5.29 Å². The zero-order valence-corrected chi connectivity index (χ0v) is 9.11. The van der Waals surface area contributed by atoms with Crippen LogP contribution in [0.1, 0.15) is 38.5 Å². The molecule has 0 aromatic heterocycles. The van der Waals surface area contributed by atoms with E-state index < -0.39 is 0 Å². The first-order valence-electron chi connectivity index (χ1n) is 6.06. The number of rotatable bonds is 1. The predicted molar refractivity (Wildman–Crippen MR) is 59.1 cm³/mol. The lowest BCUT2D eigenvalue weighted by Crippen LogP contribution is -2.43. The quantitative estimate of drug-likeness (QED) is 0.488. The lowest BCUT2D eigenvalue weighted by molar-refractivity contribution is 0.0637. The Labute approximate surface area is 90.5 Å². The van der Waals surface area contributed by atoms with E-state index in [-0.39, 0.29) is 5.41 Å². The highest BCUT2D eigenvalue weighted by atomic mass is 16.3. The zero-order chi connectivity index (χ0) is 10.4. The third-order valence-corrected chi connectivity index (χ3v) is 4.88. The number of hydrogen-bond acceptors (Lipinski definition) is 2. The highest BCUT2D eigenvalue weighted by Crippen LogP contribution is 2.60. The monoisotopic (exact) mass is 206 g/mol. The average Bonchev–Trinajstić information content (AvgIpc) is 2.63. The predicted octanol–water partition coefficient (Wildman–Crippen LogP) is 2.88. The number of nitroso groups, excluding NO2 is 1. The summed E-state index contributed by atoms with van der Waals surface area (Å²) >= 11 is 0. The van der Waals surface area contributed by atoms with Crippen molar-refractivity contribution in [1.29, 1.82) is 0 Å². The molecular weight excluding hydrogens is 188 g/mol. The van der Waals surface area contributed by atoms with Crippen molar-refractivity contribution in [3.8, 4) is 0 Å².